The number of piperidine rings is 1. The second-order valence-electron chi connectivity index (χ2n) is 8.08. The Labute approximate surface area is 165 Å². The quantitative estimate of drug-likeness (QED) is 0.813. The van der Waals surface area contributed by atoms with E-state index in [2.05, 4.69) is 5.10 Å². The summed E-state index contributed by atoms with van der Waals surface area (Å²) < 4.78 is 7.10. The highest BCUT2D eigenvalue weighted by atomic mass is 16.6. The summed E-state index contributed by atoms with van der Waals surface area (Å²) in [5.74, 6) is -0.123. The van der Waals surface area contributed by atoms with Crippen molar-refractivity contribution in [3.05, 3.63) is 48.3 Å². The van der Waals surface area contributed by atoms with Gasteiger partial charge in [-0.2, -0.15) is 5.10 Å². The SMILES string of the molecule is Cn1ccc(C(=O)N(c2ccccc2)C2CCN(C(=O)OC(C)(C)C)CC2)n1. The van der Waals surface area contributed by atoms with Crippen LogP contribution in [0.2, 0.25) is 0 Å². The Kier molecular flexibility index (Phi) is 5.72. The molecule has 1 aromatic heterocycles. The van der Waals surface area contributed by atoms with Gasteiger partial charge in [0.1, 0.15) is 5.60 Å². The number of carbonyl (C=O) groups is 2. The first-order chi connectivity index (χ1) is 13.2. The van der Waals surface area contributed by atoms with Crippen LogP contribution in [0.5, 0.6) is 0 Å². The molecule has 7 heteroatoms. The predicted octanol–water partition coefficient (Wildman–Crippen LogP) is 3.47. The van der Waals surface area contributed by atoms with E-state index < -0.39 is 5.60 Å². The number of likely N-dealkylation sites (tertiary alicyclic amines) is 1. The molecule has 0 spiro atoms. The number of aromatic nitrogens is 2. The molecule has 0 saturated carbocycles. The summed E-state index contributed by atoms with van der Waals surface area (Å²) in [6.07, 6.45) is 2.84. The number of para-hydroxylation sites is 1. The first-order valence-corrected chi connectivity index (χ1v) is 9.61. The van der Waals surface area contributed by atoms with Crippen molar-refractivity contribution in [1.29, 1.82) is 0 Å². The summed E-state index contributed by atoms with van der Waals surface area (Å²) in [4.78, 5) is 29.1. The number of anilines is 1. The number of rotatable bonds is 3. The van der Waals surface area contributed by atoms with Crippen LogP contribution in [0.4, 0.5) is 10.5 Å². The van der Waals surface area contributed by atoms with Crippen molar-refractivity contribution in [3.8, 4) is 0 Å². The van der Waals surface area contributed by atoms with E-state index in [-0.39, 0.29) is 18.0 Å². The van der Waals surface area contributed by atoms with Crippen molar-refractivity contribution in [2.24, 2.45) is 7.05 Å². The second-order valence-corrected chi connectivity index (χ2v) is 8.08. The summed E-state index contributed by atoms with van der Waals surface area (Å²) in [6.45, 7) is 6.69. The lowest BCUT2D eigenvalue weighted by Crippen LogP contribution is -2.50. The van der Waals surface area contributed by atoms with Crippen LogP contribution in [-0.4, -0.2) is 51.4 Å². The van der Waals surface area contributed by atoms with Gasteiger partial charge in [-0.15, -0.1) is 0 Å². The van der Waals surface area contributed by atoms with Gasteiger partial charge in [0, 0.05) is 38.1 Å². The Hall–Kier alpha value is -2.83. The molecule has 1 aromatic carbocycles. The normalized spacial score (nSPS) is 15.4. The molecule has 150 valence electrons. The summed E-state index contributed by atoms with van der Waals surface area (Å²) in [5.41, 5.74) is 0.744. The van der Waals surface area contributed by atoms with Gasteiger partial charge in [0.05, 0.1) is 0 Å². The molecular weight excluding hydrogens is 356 g/mol. The first kappa shape index (κ1) is 19.9. The average Bonchev–Trinajstić information content (AvgIpc) is 3.08. The number of hydrogen-bond acceptors (Lipinski definition) is 4. The van der Waals surface area contributed by atoms with E-state index >= 15 is 0 Å². The molecule has 1 saturated heterocycles. The smallest absolute Gasteiger partial charge is 0.410 e. The van der Waals surface area contributed by atoms with Crippen molar-refractivity contribution in [2.45, 2.75) is 45.3 Å². The lowest BCUT2D eigenvalue weighted by molar-refractivity contribution is 0.0205. The fraction of sp³-hybridized carbons (Fsp3) is 0.476. The molecule has 3 rings (SSSR count). The molecule has 2 amide bonds. The molecule has 28 heavy (non-hydrogen) atoms. The van der Waals surface area contributed by atoms with Gasteiger partial charge in [0.2, 0.25) is 0 Å². The maximum atomic E-state index is 13.2. The van der Waals surface area contributed by atoms with Crippen LogP contribution >= 0.6 is 0 Å². The monoisotopic (exact) mass is 384 g/mol. The maximum absolute atomic E-state index is 13.2. The van der Waals surface area contributed by atoms with E-state index in [0.717, 1.165) is 5.69 Å². The van der Waals surface area contributed by atoms with Crippen molar-refractivity contribution in [1.82, 2.24) is 14.7 Å². The molecule has 0 N–H and O–H groups in total. The Morgan fingerprint density at radius 3 is 2.29 bits per heavy atom. The van der Waals surface area contributed by atoms with Crippen LogP contribution in [0.15, 0.2) is 42.6 Å². The van der Waals surface area contributed by atoms with Crippen LogP contribution in [0.1, 0.15) is 44.1 Å². The zero-order valence-corrected chi connectivity index (χ0v) is 17.0. The van der Waals surface area contributed by atoms with E-state index in [1.165, 1.54) is 0 Å². The maximum Gasteiger partial charge on any atom is 0.410 e. The van der Waals surface area contributed by atoms with Gasteiger partial charge in [-0.3, -0.25) is 9.48 Å². The fourth-order valence-electron chi connectivity index (χ4n) is 3.37. The van der Waals surface area contributed by atoms with E-state index in [4.69, 9.17) is 4.74 Å². The lowest BCUT2D eigenvalue weighted by atomic mass is 10.0. The molecule has 1 fully saturated rings. The Morgan fingerprint density at radius 1 is 1.11 bits per heavy atom. The Morgan fingerprint density at radius 2 is 1.75 bits per heavy atom. The van der Waals surface area contributed by atoms with Gasteiger partial charge >= 0.3 is 6.09 Å². The number of benzene rings is 1. The van der Waals surface area contributed by atoms with Gasteiger partial charge in [0.15, 0.2) is 5.69 Å². The molecule has 0 bridgehead atoms. The molecule has 2 aromatic rings. The summed E-state index contributed by atoms with van der Waals surface area (Å²) >= 11 is 0. The van der Waals surface area contributed by atoms with E-state index in [9.17, 15) is 9.59 Å². The van der Waals surface area contributed by atoms with Crippen molar-refractivity contribution >= 4 is 17.7 Å². The highest BCUT2D eigenvalue weighted by Gasteiger charge is 2.33. The van der Waals surface area contributed by atoms with Gasteiger partial charge in [0.25, 0.3) is 5.91 Å². The van der Waals surface area contributed by atoms with Crippen LogP contribution in [0, 0.1) is 0 Å². The highest BCUT2D eigenvalue weighted by Crippen LogP contribution is 2.26. The zero-order valence-electron chi connectivity index (χ0n) is 17.0. The molecule has 0 atom stereocenters. The van der Waals surface area contributed by atoms with E-state index in [0.29, 0.717) is 31.6 Å². The standard InChI is InChI=1S/C21H28N4O3/c1-21(2,3)28-20(27)24-14-10-17(11-15-24)25(16-8-6-5-7-9-16)19(26)18-12-13-23(4)22-18/h5-9,12-13,17H,10-11,14-15H2,1-4H3. The van der Waals surface area contributed by atoms with Crippen LogP contribution in [0.25, 0.3) is 0 Å². The predicted molar refractivity (Wildman–Crippen MR) is 107 cm³/mol. The fourth-order valence-corrected chi connectivity index (χ4v) is 3.37. The van der Waals surface area contributed by atoms with Crippen LogP contribution in [0.3, 0.4) is 0 Å². The molecular formula is C21H28N4O3. The van der Waals surface area contributed by atoms with Gasteiger partial charge in [-0.05, 0) is 51.8 Å². The molecule has 1 aliphatic heterocycles. The minimum atomic E-state index is -0.515. The first-order valence-electron chi connectivity index (χ1n) is 9.61. The number of hydrogen-bond donors (Lipinski definition) is 0. The third kappa shape index (κ3) is 4.71. The number of ether oxygens (including phenoxy) is 1. The van der Waals surface area contributed by atoms with E-state index in [1.54, 1.807) is 28.9 Å². The lowest BCUT2D eigenvalue weighted by Gasteiger charge is -2.38. The Balaban J connectivity index is 1.75. The van der Waals surface area contributed by atoms with Gasteiger partial charge < -0.3 is 14.5 Å². The largest absolute Gasteiger partial charge is 0.444 e. The van der Waals surface area contributed by atoms with Crippen molar-refractivity contribution in [2.75, 3.05) is 18.0 Å². The topological polar surface area (TPSA) is 67.7 Å². The van der Waals surface area contributed by atoms with Gasteiger partial charge in [-0.25, -0.2) is 4.79 Å². The number of carbonyl (C=O) groups excluding carboxylic acids is 2. The van der Waals surface area contributed by atoms with Crippen LogP contribution in [-0.2, 0) is 11.8 Å². The van der Waals surface area contributed by atoms with Crippen molar-refractivity contribution in [3.63, 3.8) is 0 Å². The van der Waals surface area contributed by atoms with Crippen LogP contribution < -0.4 is 4.90 Å². The summed E-state index contributed by atoms with van der Waals surface area (Å²) in [6, 6.07) is 11.4. The number of aryl methyl sites for hydroxylation is 1. The molecule has 2 heterocycles. The molecule has 1 aliphatic rings. The van der Waals surface area contributed by atoms with Crippen molar-refractivity contribution < 1.29 is 14.3 Å². The molecule has 0 unspecified atom stereocenters. The second kappa shape index (κ2) is 8.04. The minimum Gasteiger partial charge on any atom is -0.444 e. The molecule has 7 nitrogen and oxygen atoms in total. The summed E-state index contributed by atoms with van der Waals surface area (Å²) in [7, 11) is 1.79. The average molecular weight is 384 g/mol. The third-order valence-electron chi connectivity index (χ3n) is 4.67. The molecule has 0 radical (unpaired) electrons. The summed E-state index contributed by atoms with van der Waals surface area (Å²) in [5, 5.41) is 4.28. The third-order valence-corrected chi connectivity index (χ3v) is 4.67. The van der Waals surface area contributed by atoms with E-state index in [1.807, 2.05) is 56.0 Å². The van der Waals surface area contributed by atoms with Gasteiger partial charge in [-0.1, -0.05) is 18.2 Å². The Bertz CT molecular complexity index is 818. The molecule has 0 aliphatic carbocycles. The zero-order chi connectivity index (χ0) is 20.3. The number of amides is 2. The highest BCUT2D eigenvalue weighted by molar-refractivity contribution is 6.05. The number of nitrogens with zero attached hydrogens (tertiary/aromatic N) is 4. The minimum absolute atomic E-state index is 0.00408.